The lowest BCUT2D eigenvalue weighted by Crippen LogP contribution is -2.34. The predicted molar refractivity (Wildman–Crippen MR) is 75.2 cm³/mol. The number of carbonyl (C=O) groups is 4. The van der Waals surface area contributed by atoms with Crippen LogP contribution in [0.25, 0.3) is 0 Å². The number of cyclic esters (lactones) is 2. The van der Waals surface area contributed by atoms with E-state index in [1.807, 2.05) is 0 Å². The lowest BCUT2D eigenvalue weighted by molar-refractivity contribution is 0.111. The molecule has 2 aliphatic heterocycles. The summed E-state index contributed by atoms with van der Waals surface area (Å²) in [4.78, 5) is 43.5. The average Bonchev–Trinajstić information content (AvgIpc) is 3.18. The molecule has 25 heavy (non-hydrogen) atoms. The molecule has 2 aliphatic rings. The van der Waals surface area contributed by atoms with Gasteiger partial charge >= 0.3 is 18.3 Å². The van der Waals surface area contributed by atoms with Gasteiger partial charge in [-0.2, -0.15) is 0 Å². The van der Waals surface area contributed by atoms with Gasteiger partial charge in [0.25, 0.3) is 0 Å². The fraction of sp³-hybridized carbons (Fsp3) is 0.286. The molecule has 0 aromatic heterocycles. The van der Waals surface area contributed by atoms with Crippen LogP contribution in [0.5, 0.6) is 5.75 Å². The number of aldehydes is 1. The molecule has 2 fully saturated rings. The van der Waals surface area contributed by atoms with Crippen LogP contribution in [0, 0.1) is 11.6 Å². The molecule has 3 rings (SSSR count). The number of benzene rings is 1. The Kier molecular flexibility index (Phi) is 5.82. The summed E-state index contributed by atoms with van der Waals surface area (Å²) in [7, 11) is 0. The van der Waals surface area contributed by atoms with Gasteiger partial charge in [-0.1, -0.05) is 0 Å². The largest absolute Gasteiger partial charge is 0.448 e. The maximum atomic E-state index is 13.2. The van der Waals surface area contributed by atoms with Gasteiger partial charge in [0, 0.05) is 12.1 Å². The topological polar surface area (TPSA) is 111 Å². The summed E-state index contributed by atoms with van der Waals surface area (Å²) in [5, 5.41) is 2.46. The monoisotopic (exact) mass is 358 g/mol. The molecule has 0 atom stereocenters. The number of carbonyl (C=O) groups excluding carboxylic acids is 4. The number of amides is 3. The van der Waals surface area contributed by atoms with Crippen molar-refractivity contribution in [2.24, 2.45) is 0 Å². The number of halogens is 2. The number of nitrogens with zero attached hydrogens (tertiary/aromatic N) is 1. The van der Waals surface area contributed by atoms with E-state index in [0.717, 1.165) is 0 Å². The first-order chi connectivity index (χ1) is 11.9. The minimum absolute atomic E-state index is 0.00491. The first kappa shape index (κ1) is 18.1. The second-order valence-electron chi connectivity index (χ2n) is 4.62. The van der Waals surface area contributed by atoms with Crippen LogP contribution in [-0.2, 0) is 9.47 Å². The minimum Gasteiger partial charge on any atom is -0.448 e. The van der Waals surface area contributed by atoms with Gasteiger partial charge in [-0.15, -0.1) is 0 Å². The van der Waals surface area contributed by atoms with E-state index < -0.39 is 35.1 Å². The van der Waals surface area contributed by atoms with Crippen LogP contribution in [-0.4, -0.2) is 55.8 Å². The second kappa shape index (κ2) is 8.04. The van der Waals surface area contributed by atoms with Gasteiger partial charge in [0.05, 0.1) is 18.7 Å². The van der Waals surface area contributed by atoms with Crippen molar-refractivity contribution in [3.05, 3.63) is 29.3 Å². The van der Waals surface area contributed by atoms with Gasteiger partial charge < -0.3 is 19.5 Å². The summed E-state index contributed by atoms with van der Waals surface area (Å²) >= 11 is 0. The smallest absolute Gasteiger partial charge is 0.424 e. The van der Waals surface area contributed by atoms with Crippen molar-refractivity contribution in [1.29, 1.82) is 0 Å². The third-order valence-electron chi connectivity index (χ3n) is 2.96. The summed E-state index contributed by atoms with van der Waals surface area (Å²) < 4.78 is 40.0. The summed E-state index contributed by atoms with van der Waals surface area (Å²) in [6.45, 7) is 1.22. The molecular weight excluding hydrogens is 346 g/mol. The first-order valence-corrected chi connectivity index (χ1v) is 6.93. The molecule has 9 nitrogen and oxygen atoms in total. The molecule has 2 saturated heterocycles. The Labute approximate surface area is 139 Å². The Hall–Kier alpha value is -3.24. The van der Waals surface area contributed by atoms with Gasteiger partial charge in [0.15, 0.2) is 6.29 Å². The Bertz CT molecular complexity index is 679. The third-order valence-corrected chi connectivity index (χ3v) is 2.96. The molecule has 0 unspecified atom stereocenters. The molecule has 0 aliphatic carbocycles. The molecule has 1 aromatic carbocycles. The van der Waals surface area contributed by atoms with Crippen molar-refractivity contribution < 1.29 is 42.2 Å². The van der Waals surface area contributed by atoms with E-state index in [0.29, 0.717) is 30.2 Å². The van der Waals surface area contributed by atoms with Crippen molar-refractivity contribution in [3.8, 4) is 5.75 Å². The van der Waals surface area contributed by atoms with E-state index >= 15 is 0 Å². The molecule has 3 amide bonds. The van der Waals surface area contributed by atoms with Gasteiger partial charge in [-0.25, -0.2) is 28.1 Å². The van der Waals surface area contributed by atoms with E-state index in [9.17, 15) is 28.0 Å². The molecule has 11 heteroatoms. The quantitative estimate of drug-likeness (QED) is 0.797. The van der Waals surface area contributed by atoms with Crippen molar-refractivity contribution in [2.75, 3.05) is 26.3 Å². The van der Waals surface area contributed by atoms with Crippen molar-refractivity contribution in [3.63, 3.8) is 0 Å². The number of alkyl carbamates (subject to hydrolysis) is 1. The maximum absolute atomic E-state index is 13.2. The van der Waals surface area contributed by atoms with Crippen LogP contribution in [0.15, 0.2) is 12.1 Å². The van der Waals surface area contributed by atoms with Crippen molar-refractivity contribution >= 4 is 24.6 Å². The molecule has 1 N–H and O–H groups in total. The minimum atomic E-state index is -1.17. The fourth-order valence-electron chi connectivity index (χ4n) is 1.80. The number of rotatable bonds is 2. The summed E-state index contributed by atoms with van der Waals surface area (Å²) in [5.41, 5.74) is -0.764. The highest BCUT2D eigenvalue weighted by atomic mass is 19.1. The maximum Gasteiger partial charge on any atom is 0.424 e. The second-order valence-corrected chi connectivity index (χ2v) is 4.62. The van der Waals surface area contributed by atoms with Gasteiger partial charge in [-0.05, 0) is 0 Å². The van der Waals surface area contributed by atoms with Crippen molar-refractivity contribution in [1.82, 2.24) is 10.2 Å². The van der Waals surface area contributed by atoms with Crippen LogP contribution in [0.1, 0.15) is 10.4 Å². The number of ether oxygens (including phenoxy) is 3. The van der Waals surface area contributed by atoms with E-state index in [1.54, 1.807) is 0 Å². The lowest BCUT2D eigenvalue weighted by atomic mass is 10.2. The highest BCUT2D eigenvalue weighted by Gasteiger charge is 2.30. The lowest BCUT2D eigenvalue weighted by Gasteiger charge is -2.11. The normalized spacial score (nSPS) is 15.5. The Morgan fingerprint density at radius 1 is 1.20 bits per heavy atom. The highest BCUT2D eigenvalue weighted by molar-refractivity contribution is 5.90. The van der Waals surface area contributed by atoms with Gasteiger partial charge in [0.1, 0.15) is 30.6 Å². The zero-order valence-corrected chi connectivity index (χ0v) is 12.6. The number of hydrogen-bond donors (Lipinski definition) is 1. The number of nitrogens with one attached hydrogen (secondary N) is 1. The Morgan fingerprint density at radius 2 is 1.88 bits per heavy atom. The van der Waals surface area contributed by atoms with E-state index in [2.05, 4.69) is 19.5 Å². The van der Waals surface area contributed by atoms with E-state index in [1.165, 1.54) is 0 Å². The molecule has 0 radical (unpaired) electrons. The highest BCUT2D eigenvalue weighted by Crippen LogP contribution is 2.20. The van der Waals surface area contributed by atoms with Gasteiger partial charge in [-0.3, -0.25) is 4.79 Å². The van der Waals surface area contributed by atoms with E-state index in [4.69, 9.17) is 0 Å². The molecule has 134 valence electrons. The van der Waals surface area contributed by atoms with Crippen molar-refractivity contribution in [2.45, 2.75) is 0 Å². The zero-order valence-electron chi connectivity index (χ0n) is 12.6. The molecule has 0 bridgehead atoms. The number of imide groups is 1. The molecule has 0 saturated carbocycles. The van der Waals surface area contributed by atoms with E-state index in [-0.39, 0.29) is 25.5 Å². The SMILES string of the molecule is O=C1NCCO1.O=Cc1c(F)cc(OC(=O)N2CCOC2=O)cc1F. The summed E-state index contributed by atoms with van der Waals surface area (Å²) in [6.07, 6.45) is -2.29. The standard InChI is InChI=1S/C11H7F2NO5.C3H5NO2/c12-8-3-6(4-9(13)7(8)5-15)19-11(17)14-1-2-18-10(14)16;5-3-4-1-2-6-3/h3-5H,1-2H2;1-2H2,(H,4,5). The van der Waals surface area contributed by atoms with Crippen LogP contribution in [0.4, 0.5) is 23.2 Å². The van der Waals surface area contributed by atoms with Crippen LogP contribution < -0.4 is 10.1 Å². The molecule has 2 heterocycles. The Balaban J connectivity index is 0.000000316. The molecular formula is C14H12F2N2O7. The zero-order chi connectivity index (χ0) is 18.4. The predicted octanol–water partition coefficient (Wildman–Crippen LogP) is 1.45. The average molecular weight is 358 g/mol. The van der Waals surface area contributed by atoms with Crippen LogP contribution in [0.3, 0.4) is 0 Å². The Morgan fingerprint density at radius 3 is 2.28 bits per heavy atom. The number of hydrogen-bond acceptors (Lipinski definition) is 7. The summed E-state index contributed by atoms with van der Waals surface area (Å²) in [5.74, 6) is -2.78. The molecule has 1 aromatic rings. The fourth-order valence-corrected chi connectivity index (χ4v) is 1.80. The molecule has 0 spiro atoms. The first-order valence-electron chi connectivity index (χ1n) is 6.93. The third kappa shape index (κ3) is 4.62. The summed E-state index contributed by atoms with van der Waals surface area (Å²) in [6, 6.07) is 1.35. The van der Waals surface area contributed by atoms with Crippen LogP contribution >= 0.6 is 0 Å². The van der Waals surface area contributed by atoms with Crippen LogP contribution in [0.2, 0.25) is 0 Å². The van der Waals surface area contributed by atoms with Gasteiger partial charge in [0.2, 0.25) is 0 Å².